The Morgan fingerprint density at radius 3 is 2.36 bits per heavy atom. The van der Waals surface area contributed by atoms with Crippen LogP contribution in [0.5, 0.6) is 0 Å². The van der Waals surface area contributed by atoms with Crippen LogP contribution < -0.4 is 10.6 Å². The molecule has 0 spiro atoms. The third kappa shape index (κ3) is 9.18. The van der Waals surface area contributed by atoms with Crippen molar-refractivity contribution in [2.45, 2.75) is 38.7 Å². The fraction of sp³-hybridized carbons (Fsp3) is 0.643. The van der Waals surface area contributed by atoms with Gasteiger partial charge < -0.3 is 15.0 Å². The summed E-state index contributed by atoms with van der Waals surface area (Å²) in [4.78, 5) is 19.7. The van der Waals surface area contributed by atoms with Crippen molar-refractivity contribution in [2.75, 3.05) is 20.6 Å². The van der Waals surface area contributed by atoms with Crippen LogP contribution >= 0.6 is 11.6 Å². The van der Waals surface area contributed by atoms with Crippen LogP contribution in [0.25, 0.3) is 0 Å². The number of alkyl carbamates (subject to hydrolysis) is 1. The molecule has 7 nitrogen and oxygen atoms in total. The second-order valence-corrected chi connectivity index (χ2v) is 6.15. The maximum atomic E-state index is 13.2. The van der Waals surface area contributed by atoms with Crippen molar-refractivity contribution in [1.29, 1.82) is 0 Å². The molecule has 0 bridgehead atoms. The molecule has 1 amide bonds. The summed E-state index contributed by atoms with van der Waals surface area (Å²) >= 11 is 5.70. The summed E-state index contributed by atoms with van der Waals surface area (Å²) in [6.45, 7) is 7.77. The van der Waals surface area contributed by atoms with E-state index in [0.717, 1.165) is 18.1 Å². The average Bonchev–Trinajstić information content (AvgIpc) is 2.44. The lowest BCUT2D eigenvalue weighted by Crippen LogP contribution is -2.55. The quantitative estimate of drug-likeness (QED) is 0.330. The van der Waals surface area contributed by atoms with Gasteiger partial charge in [0.15, 0.2) is 5.29 Å². The molecule has 0 aromatic carbocycles. The van der Waals surface area contributed by atoms with Gasteiger partial charge in [0, 0.05) is 20.3 Å². The zero-order chi connectivity index (χ0) is 19.8. The zero-order valence-corrected chi connectivity index (χ0v) is 15.5. The van der Waals surface area contributed by atoms with Crippen LogP contribution in [0, 0.1) is 0 Å². The molecule has 1 unspecified atom stereocenters. The summed E-state index contributed by atoms with van der Waals surface area (Å²) < 4.78 is 44.5. The SMILES string of the molecule is C=C/N=C(\N(C)C(C/N=C(/Cl)NC)NC(=O)OC(C)(C)C)C(F)(F)F. The number of carbonyl (C=O) groups excluding carboxylic acids is 1. The van der Waals surface area contributed by atoms with Crippen LogP contribution in [-0.4, -0.2) is 60.7 Å². The number of aliphatic imine (C=N–C) groups is 2. The first-order valence-corrected chi connectivity index (χ1v) is 7.55. The molecule has 0 saturated heterocycles. The van der Waals surface area contributed by atoms with E-state index in [1.54, 1.807) is 20.8 Å². The van der Waals surface area contributed by atoms with Crippen molar-refractivity contribution in [3.8, 4) is 0 Å². The molecule has 0 aliphatic heterocycles. The van der Waals surface area contributed by atoms with Gasteiger partial charge in [-0.15, -0.1) is 0 Å². The van der Waals surface area contributed by atoms with Gasteiger partial charge in [0.1, 0.15) is 11.8 Å². The van der Waals surface area contributed by atoms with E-state index >= 15 is 0 Å². The van der Waals surface area contributed by atoms with Gasteiger partial charge in [-0.2, -0.15) is 13.2 Å². The second kappa shape index (κ2) is 9.50. The first-order valence-electron chi connectivity index (χ1n) is 7.17. The Bertz CT molecular complexity index is 530. The van der Waals surface area contributed by atoms with Gasteiger partial charge in [0.05, 0.1) is 6.54 Å². The Morgan fingerprint density at radius 2 is 1.96 bits per heavy atom. The normalized spacial score (nSPS) is 14.6. The van der Waals surface area contributed by atoms with E-state index in [1.807, 2.05) is 0 Å². The molecular formula is C14H23ClF3N5O2. The number of nitrogens with one attached hydrogen (secondary N) is 2. The van der Waals surface area contributed by atoms with E-state index in [0.29, 0.717) is 0 Å². The molecule has 11 heteroatoms. The predicted octanol–water partition coefficient (Wildman–Crippen LogP) is 2.69. The molecule has 0 fully saturated rings. The van der Waals surface area contributed by atoms with Gasteiger partial charge in [-0.05, 0) is 32.4 Å². The van der Waals surface area contributed by atoms with Crippen molar-refractivity contribution in [3.05, 3.63) is 12.8 Å². The minimum atomic E-state index is -4.76. The van der Waals surface area contributed by atoms with E-state index in [4.69, 9.17) is 16.3 Å². The van der Waals surface area contributed by atoms with Crippen LogP contribution in [0.3, 0.4) is 0 Å². The Hall–Kier alpha value is -1.97. The summed E-state index contributed by atoms with van der Waals surface area (Å²) in [6, 6.07) is 0. The molecule has 0 heterocycles. The van der Waals surface area contributed by atoms with E-state index in [2.05, 4.69) is 27.2 Å². The van der Waals surface area contributed by atoms with Crippen LogP contribution in [-0.2, 0) is 4.74 Å². The highest BCUT2D eigenvalue weighted by atomic mass is 35.5. The summed E-state index contributed by atoms with van der Waals surface area (Å²) in [6.07, 6.45) is -6.11. The van der Waals surface area contributed by atoms with Gasteiger partial charge in [-0.25, -0.2) is 9.79 Å². The van der Waals surface area contributed by atoms with Gasteiger partial charge >= 0.3 is 12.3 Å². The average molecular weight is 386 g/mol. The van der Waals surface area contributed by atoms with Crippen molar-refractivity contribution in [3.63, 3.8) is 0 Å². The van der Waals surface area contributed by atoms with Crippen LogP contribution in [0.15, 0.2) is 22.8 Å². The highest BCUT2D eigenvalue weighted by Crippen LogP contribution is 2.21. The summed E-state index contributed by atoms with van der Waals surface area (Å²) in [5, 5.41) is 4.81. The lowest BCUT2D eigenvalue weighted by Gasteiger charge is -2.31. The van der Waals surface area contributed by atoms with E-state index in [1.165, 1.54) is 7.05 Å². The van der Waals surface area contributed by atoms with Crippen molar-refractivity contribution >= 4 is 28.8 Å². The summed E-state index contributed by atoms with van der Waals surface area (Å²) in [7, 11) is 2.60. The number of halogens is 4. The predicted molar refractivity (Wildman–Crippen MR) is 91.8 cm³/mol. The van der Waals surface area contributed by atoms with Crippen LogP contribution in [0.2, 0.25) is 0 Å². The number of alkyl halides is 3. The van der Waals surface area contributed by atoms with Crippen LogP contribution in [0.1, 0.15) is 20.8 Å². The zero-order valence-electron chi connectivity index (χ0n) is 14.7. The Labute approximate surface area is 150 Å². The highest BCUT2D eigenvalue weighted by molar-refractivity contribution is 6.64. The van der Waals surface area contributed by atoms with Gasteiger partial charge in [0.25, 0.3) is 0 Å². The number of rotatable bonds is 5. The van der Waals surface area contributed by atoms with Gasteiger partial charge in [-0.1, -0.05) is 6.58 Å². The largest absolute Gasteiger partial charge is 0.449 e. The topological polar surface area (TPSA) is 78.3 Å². The van der Waals surface area contributed by atoms with Crippen molar-refractivity contribution in [1.82, 2.24) is 15.5 Å². The molecule has 0 rings (SSSR count). The number of hydrogen-bond donors (Lipinski definition) is 2. The van der Waals surface area contributed by atoms with Crippen LogP contribution in [0.4, 0.5) is 18.0 Å². The van der Waals surface area contributed by atoms with Crippen molar-refractivity contribution in [2.24, 2.45) is 9.98 Å². The Kier molecular flexibility index (Phi) is 8.75. The molecule has 2 N–H and O–H groups in total. The molecule has 0 radical (unpaired) electrons. The van der Waals surface area contributed by atoms with E-state index < -0.39 is 29.9 Å². The van der Waals surface area contributed by atoms with E-state index in [-0.39, 0.29) is 11.8 Å². The molecule has 25 heavy (non-hydrogen) atoms. The molecular weight excluding hydrogens is 363 g/mol. The third-order valence-corrected chi connectivity index (χ3v) is 2.87. The monoisotopic (exact) mass is 385 g/mol. The minimum absolute atomic E-state index is 0.0291. The highest BCUT2D eigenvalue weighted by Gasteiger charge is 2.41. The molecule has 0 saturated carbocycles. The number of nitrogens with zero attached hydrogens (tertiary/aromatic N) is 3. The Morgan fingerprint density at radius 1 is 1.40 bits per heavy atom. The fourth-order valence-corrected chi connectivity index (χ4v) is 1.62. The van der Waals surface area contributed by atoms with Gasteiger partial charge in [-0.3, -0.25) is 10.3 Å². The maximum Gasteiger partial charge on any atom is 0.449 e. The number of amides is 1. The third-order valence-electron chi connectivity index (χ3n) is 2.56. The number of ether oxygens (including phenoxy) is 1. The molecule has 0 aromatic rings. The van der Waals surface area contributed by atoms with Gasteiger partial charge in [0.2, 0.25) is 5.84 Å². The number of hydrogen-bond acceptors (Lipinski definition) is 4. The number of likely N-dealkylation sites (N-methyl/N-ethyl adjacent to an activating group) is 1. The lowest BCUT2D eigenvalue weighted by atomic mass is 10.2. The number of carbonyl (C=O) groups is 1. The standard InChI is InChI=1S/C14H23ClF3N5O2/c1-7-20-10(14(16,17)18)23(6)9(8-21-11(15)19-5)22-12(24)25-13(2,3)4/h7,9H,1,8H2,2-6H3,(H,19,21)(H,22,24)/b20-10-. The maximum absolute atomic E-state index is 13.2. The minimum Gasteiger partial charge on any atom is -0.444 e. The summed E-state index contributed by atoms with van der Waals surface area (Å²) in [5.41, 5.74) is -0.818. The molecule has 0 aliphatic rings. The molecule has 0 aromatic heterocycles. The Balaban J connectivity index is 5.52. The molecule has 0 aliphatic carbocycles. The first kappa shape index (κ1) is 23.0. The summed E-state index contributed by atoms with van der Waals surface area (Å²) in [5.74, 6) is -1.25. The number of amidine groups is 2. The smallest absolute Gasteiger partial charge is 0.444 e. The molecule has 1 atom stereocenters. The lowest BCUT2D eigenvalue weighted by molar-refractivity contribution is -0.0700. The first-order chi connectivity index (χ1) is 11.3. The second-order valence-electron chi connectivity index (χ2n) is 5.79. The molecule has 144 valence electrons. The van der Waals surface area contributed by atoms with Crippen molar-refractivity contribution < 1.29 is 22.7 Å². The fourth-order valence-electron chi connectivity index (χ4n) is 1.55. The van der Waals surface area contributed by atoms with E-state index in [9.17, 15) is 18.0 Å².